The lowest BCUT2D eigenvalue weighted by atomic mass is 10.0. The van der Waals surface area contributed by atoms with Gasteiger partial charge in [-0.2, -0.15) is 0 Å². The van der Waals surface area contributed by atoms with Gasteiger partial charge in [-0.05, 0) is 18.6 Å². The zero-order valence-electron chi connectivity index (χ0n) is 23.8. The molecule has 0 aliphatic carbocycles. The van der Waals surface area contributed by atoms with Gasteiger partial charge in [-0.25, -0.2) is 4.79 Å². The van der Waals surface area contributed by atoms with Crippen LogP contribution in [0.4, 0.5) is 0 Å². The maximum Gasteiger partial charge on any atom is 0.338 e. The van der Waals surface area contributed by atoms with Crippen molar-refractivity contribution in [3.63, 3.8) is 0 Å². The van der Waals surface area contributed by atoms with Crippen molar-refractivity contribution in [2.45, 2.75) is 96.8 Å². The number of carbonyl (C=O) groups is 2. The molecule has 0 aliphatic rings. The first-order valence-corrected chi connectivity index (χ1v) is 14.8. The number of carbonyl (C=O) groups excluding carboxylic acids is 2. The van der Waals surface area contributed by atoms with E-state index in [0.717, 1.165) is 12.8 Å². The molecule has 7 nitrogen and oxygen atoms in total. The number of rotatable bonds is 27. The van der Waals surface area contributed by atoms with Gasteiger partial charge in [-0.3, -0.25) is 4.79 Å². The van der Waals surface area contributed by atoms with Crippen molar-refractivity contribution >= 4 is 11.9 Å². The minimum absolute atomic E-state index is 0.139. The zero-order valence-corrected chi connectivity index (χ0v) is 23.8. The molecule has 0 spiro atoms. The molecular formula is C31H52O7. The standard InChI is InChI=1S/C31H52O7/c1-2-3-4-5-6-7-8-9-10-11-12-13-17-20-30(32)37-27-25-35-23-21-34-22-24-36-26-28-38-31(33)29-18-15-14-16-19-29/h14-16,18-19H,2-13,17,20-28H2,1H3. The van der Waals surface area contributed by atoms with Crippen molar-refractivity contribution in [3.8, 4) is 0 Å². The smallest absolute Gasteiger partial charge is 0.338 e. The zero-order chi connectivity index (χ0) is 27.4. The molecule has 0 atom stereocenters. The van der Waals surface area contributed by atoms with Gasteiger partial charge in [0, 0.05) is 6.42 Å². The second-order valence-electron chi connectivity index (χ2n) is 9.55. The Hall–Kier alpha value is -1.96. The van der Waals surface area contributed by atoms with E-state index in [0.29, 0.717) is 51.6 Å². The van der Waals surface area contributed by atoms with Crippen LogP contribution in [0.25, 0.3) is 0 Å². The van der Waals surface area contributed by atoms with Crippen LogP contribution < -0.4 is 0 Å². The minimum Gasteiger partial charge on any atom is -0.463 e. The molecular weight excluding hydrogens is 484 g/mol. The third-order valence-electron chi connectivity index (χ3n) is 6.19. The Morgan fingerprint density at radius 3 is 1.45 bits per heavy atom. The normalized spacial score (nSPS) is 11.0. The fraction of sp³-hybridized carbons (Fsp3) is 0.742. The summed E-state index contributed by atoms with van der Waals surface area (Å²) in [7, 11) is 0. The van der Waals surface area contributed by atoms with E-state index in [2.05, 4.69) is 6.92 Å². The Labute approximate surface area is 230 Å². The summed E-state index contributed by atoms with van der Waals surface area (Å²) < 4.78 is 26.6. The molecule has 1 aromatic carbocycles. The SMILES string of the molecule is CCCCCCCCCCCCCCCC(=O)OCCOCCOCCOCCOC(=O)c1ccccc1. The Kier molecular flexibility index (Phi) is 23.9. The molecule has 1 aromatic rings. The van der Waals surface area contributed by atoms with Gasteiger partial charge in [-0.15, -0.1) is 0 Å². The van der Waals surface area contributed by atoms with Crippen LogP contribution in [0.15, 0.2) is 30.3 Å². The molecule has 0 radical (unpaired) electrons. The number of ether oxygens (including phenoxy) is 5. The number of benzene rings is 1. The maximum absolute atomic E-state index is 11.8. The minimum atomic E-state index is -0.354. The lowest BCUT2D eigenvalue weighted by Crippen LogP contribution is -2.15. The molecule has 0 bridgehead atoms. The van der Waals surface area contributed by atoms with Crippen LogP contribution in [0.5, 0.6) is 0 Å². The molecule has 0 aromatic heterocycles. The number of esters is 2. The van der Waals surface area contributed by atoms with Crippen molar-refractivity contribution in [2.24, 2.45) is 0 Å². The van der Waals surface area contributed by atoms with E-state index in [1.807, 2.05) is 6.07 Å². The molecule has 7 heteroatoms. The van der Waals surface area contributed by atoms with Crippen molar-refractivity contribution < 1.29 is 33.3 Å². The number of unbranched alkanes of at least 4 members (excludes halogenated alkanes) is 12. The molecule has 0 saturated heterocycles. The van der Waals surface area contributed by atoms with Crippen LogP contribution in [0.1, 0.15) is 107 Å². The van der Waals surface area contributed by atoms with Gasteiger partial charge in [0.25, 0.3) is 0 Å². The van der Waals surface area contributed by atoms with E-state index < -0.39 is 0 Å². The van der Waals surface area contributed by atoms with Gasteiger partial charge in [0.2, 0.25) is 0 Å². The van der Waals surface area contributed by atoms with Crippen molar-refractivity contribution in [1.29, 1.82) is 0 Å². The van der Waals surface area contributed by atoms with Gasteiger partial charge in [-0.1, -0.05) is 102 Å². The summed E-state index contributed by atoms with van der Waals surface area (Å²) in [6.45, 7) is 5.17. The van der Waals surface area contributed by atoms with E-state index >= 15 is 0 Å². The summed E-state index contributed by atoms with van der Waals surface area (Å²) in [5.74, 6) is -0.493. The van der Waals surface area contributed by atoms with E-state index in [1.54, 1.807) is 24.3 Å². The predicted molar refractivity (Wildman–Crippen MR) is 150 cm³/mol. The summed E-state index contributed by atoms with van der Waals surface area (Å²) in [6.07, 6.45) is 17.3. The summed E-state index contributed by atoms with van der Waals surface area (Å²) in [5, 5.41) is 0. The monoisotopic (exact) mass is 536 g/mol. The van der Waals surface area contributed by atoms with Crippen molar-refractivity contribution in [1.82, 2.24) is 0 Å². The highest BCUT2D eigenvalue weighted by Crippen LogP contribution is 2.13. The third kappa shape index (κ3) is 22.1. The van der Waals surface area contributed by atoms with Crippen LogP contribution in [0.3, 0.4) is 0 Å². The topological polar surface area (TPSA) is 80.3 Å². The third-order valence-corrected chi connectivity index (χ3v) is 6.19. The van der Waals surface area contributed by atoms with Gasteiger partial charge in [0.05, 0.1) is 45.2 Å². The largest absolute Gasteiger partial charge is 0.463 e. The fourth-order valence-corrected chi connectivity index (χ4v) is 3.97. The average Bonchev–Trinajstić information content (AvgIpc) is 2.94. The highest BCUT2D eigenvalue weighted by atomic mass is 16.6. The lowest BCUT2D eigenvalue weighted by molar-refractivity contribution is -0.145. The molecule has 38 heavy (non-hydrogen) atoms. The van der Waals surface area contributed by atoms with Crippen LogP contribution in [-0.2, 0) is 28.5 Å². The van der Waals surface area contributed by atoms with Gasteiger partial charge in [0.1, 0.15) is 13.2 Å². The van der Waals surface area contributed by atoms with Crippen molar-refractivity contribution in [2.75, 3.05) is 52.9 Å². The molecule has 1 rings (SSSR count). The first-order valence-electron chi connectivity index (χ1n) is 14.8. The molecule has 0 unspecified atom stereocenters. The lowest BCUT2D eigenvalue weighted by Gasteiger charge is -2.08. The van der Waals surface area contributed by atoms with E-state index in [-0.39, 0.29) is 25.2 Å². The summed E-state index contributed by atoms with van der Waals surface area (Å²) in [5.41, 5.74) is 0.528. The Morgan fingerprint density at radius 1 is 0.526 bits per heavy atom. The fourth-order valence-electron chi connectivity index (χ4n) is 3.97. The number of hydrogen-bond donors (Lipinski definition) is 0. The molecule has 218 valence electrons. The Bertz CT molecular complexity index is 665. The van der Waals surface area contributed by atoms with Crippen LogP contribution in [-0.4, -0.2) is 64.8 Å². The van der Waals surface area contributed by atoms with Gasteiger partial charge < -0.3 is 23.7 Å². The van der Waals surface area contributed by atoms with Crippen LogP contribution in [0.2, 0.25) is 0 Å². The second kappa shape index (κ2) is 26.6. The van der Waals surface area contributed by atoms with Crippen LogP contribution >= 0.6 is 0 Å². The average molecular weight is 537 g/mol. The molecule has 0 aliphatic heterocycles. The predicted octanol–water partition coefficient (Wildman–Crippen LogP) is 6.92. The summed E-state index contributed by atoms with van der Waals surface area (Å²) in [6, 6.07) is 8.86. The highest BCUT2D eigenvalue weighted by Gasteiger charge is 2.05. The second-order valence-corrected chi connectivity index (χ2v) is 9.55. The van der Waals surface area contributed by atoms with E-state index in [4.69, 9.17) is 23.7 Å². The van der Waals surface area contributed by atoms with Crippen molar-refractivity contribution in [3.05, 3.63) is 35.9 Å². The van der Waals surface area contributed by atoms with E-state index in [1.165, 1.54) is 70.6 Å². The summed E-state index contributed by atoms with van der Waals surface area (Å²) in [4.78, 5) is 23.6. The molecule has 0 fully saturated rings. The highest BCUT2D eigenvalue weighted by molar-refractivity contribution is 5.89. The Balaban J connectivity index is 1.73. The molecule has 0 heterocycles. The molecule has 0 saturated carbocycles. The van der Waals surface area contributed by atoms with Gasteiger partial charge >= 0.3 is 11.9 Å². The first kappa shape index (κ1) is 34.1. The first-order chi connectivity index (χ1) is 18.7. The molecule has 0 N–H and O–H groups in total. The van der Waals surface area contributed by atoms with Gasteiger partial charge in [0.15, 0.2) is 0 Å². The Morgan fingerprint density at radius 2 is 0.947 bits per heavy atom. The quantitative estimate of drug-likeness (QED) is 0.0892. The maximum atomic E-state index is 11.8. The van der Waals surface area contributed by atoms with E-state index in [9.17, 15) is 9.59 Å². The van der Waals surface area contributed by atoms with Crippen LogP contribution in [0, 0.1) is 0 Å². The molecule has 0 amide bonds. The summed E-state index contributed by atoms with van der Waals surface area (Å²) >= 11 is 0. The number of hydrogen-bond acceptors (Lipinski definition) is 7.